The van der Waals surface area contributed by atoms with Crippen LogP contribution in [0.3, 0.4) is 0 Å². The van der Waals surface area contributed by atoms with Crippen LogP contribution in [0.5, 0.6) is 0 Å². The number of rotatable bonds is 3. The zero-order valence-corrected chi connectivity index (χ0v) is 12.2. The van der Waals surface area contributed by atoms with E-state index in [-0.39, 0.29) is 0 Å². The molecule has 0 radical (unpaired) electrons. The van der Waals surface area contributed by atoms with E-state index < -0.39 is 0 Å². The molecule has 2 rings (SSSR count). The Kier molecular flexibility index (Phi) is 4.77. The van der Waals surface area contributed by atoms with Crippen LogP contribution < -0.4 is 10.6 Å². The van der Waals surface area contributed by atoms with Gasteiger partial charge in [-0.15, -0.1) is 0 Å². The first-order valence-electron chi connectivity index (χ1n) is 5.99. The number of nitrogens with one attached hydrogen (secondary N) is 2. The minimum Gasteiger partial charge on any atom is -0.358 e. The topological polar surface area (TPSA) is 24.1 Å². The Hall–Kier alpha value is -1.58. The smallest absolute Gasteiger partial charge is 0.171 e. The molecule has 19 heavy (non-hydrogen) atoms. The molecule has 0 saturated carbocycles. The molecule has 2 nitrogen and oxygen atoms in total. The number of aryl methyl sites for hydroxylation is 1. The van der Waals surface area contributed by atoms with E-state index in [1.165, 1.54) is 11.1 Å². The number of hydrogen-bond acceptors (Lipinski definition) is 1. The highest BCUT2D eigenvalue weighted by atomic mass is 35.5. The third kappa shape index (κ3) is 4.54. The maximum atomic E-state index is 5.91. The van der Waals surface area contributed by atoms with Gasteiger partial charge in [0, 0.05) is 17.3 Å². The maximum Gasteiger partial charge on any atom is 0.171 e. The Morgan fingerprint density at radius 3 is 2.68 bits per heavy atom. The van der Waals surface area contributed by atoms with Crippen molar-refractivity contribution in [2.45, 2.75) is 13.5 Å². The van der Waals surface area contributed by atoms with E-state index in [2.05, 4.69) is 35.8 Å². The van der Waals surface area contributed by atoms with Crippen LogP contribution in [0.15, 0.2) is 48.5 Å². The van der Waals surface area contributed by atoms with Crippen LogP contribution in [0, 0.1) is 6.92 Å². The second-order valence-corrected chi connectivity index (χ2v) is 5.15. The zero-order valence-electron chi connectivity index (χ0n) is 10.6. The SMILES string of the molecule is Cc1cccc(CNC(=S)Nc2cccc(Cl)c2)c1. The Morgan fingerprint density at radius 1 is 1.16 bits per heavy atom. The molecular weight excluding hydrogens is 276 g/mol. The molecule has 4 heteroatoms. The monoisotopic (exact) mass is 290 g/mol. The van der Waals surface area contributed by atoms with E-state index in [1.54, 1.807) is 0 Å². The fourth-order valence-electron chi connectivity index (χ4n) is 1.75. The van der Waals surface area contributed by atoms with Crippen molar-refractivity contribution in [2.75, 3.05) is 5.32 Å². The van der Waals surface area contributed by atoms with Crippen LogP contribution in [0.25, 0.3) is 0 Å². The number of anilines is 1. The molecule has 0 aromatic heterocycles. The van der Waals surface area contributed by atoms with Crippen molar-refractivity contribution in [3.8, 4) is 0 Å². The second kappa shape index (κ2) is 6.55. The van der Waals surface area contributed by atoms with Crippen LogP contribution in [0.2, 0.25) is 5.02 Å². The Bertz CT molecular complexity index is 584. The van der Waals surface area contributed by atoms with Crippen molar-refractivity contribution in [3.05, 3.63) is 64.7 Å². The van der Waals surface area contributed by atoms with Gasteiger partial charge in [0.25, 0.3) is 0 Å². The van der Waals surface area contributed by atoms with Gasteiger partial charge in [-0.05, 0) is 42.9 Å². The van der Waals surface area contributed by atoms with Gasteiger partial charge < -0.3 is 10.6 Å². The van der Waals surface area contributed by atoms with Gasteiger partial charge in [-0.1, -0.05) is 47.5 Å². The van der Waals surface area contributed by atoms with Crippen LogP contribution >= 0.6 is 23.8 Å². The Morgan fingerprint density at radius 2 is 1.95 bits per heavy atom. The van der Waals surface area contributed by atoms with Crippen molar-refractivity contribution < 1.29 is 0 Å². The minimum atomic E-state index is 0.587. The largest absolute Gasteiger partial charge is 0.358 e. The third-order valence-electron chi connectivity index (χ3n) is 2.62. The lowest BCUT2D eigenvalue weighted by atomic mass is 10.1. The van der Waals surface area contributed by atoms with Gasteiger partial charge in [0.15, 0.2) is 5.11 Å². The van der Waals surface area contributed by atoms with E-state index in [4.69, 9.17) is 23.8 Å². The molecule has 2 N–H and O–H groups in total. The van der Waals surface area contributed by atoms with Gasteiger partial charge in [0.2, 0.25) is 0 Å². The van der Waals surface area contributed by atoms with Crippen LogP contribution in [-0.4, -0.2) is 5.11 Å². The number of halogens is 1. The van der Waals surface area contributed by atoms with E-state index in [0.717, 1.165) is 5.69 Å². The second-order valence-electron chi connectivity index (χ2n) is 4.31. The van der Waals surface area contributed by atoms with Crippen molar-refractivity contribution >= 4 is 34.6 Å². The summed E-state index contributed by atoms with van der Waals surface area (Å²) in [4.78, 5) is 0. The standard InChI is InChI=1S/C15H15ClN2S/c1-11-4-2-5-12(8-11)10-17-15(19)18-14-7-3-6-13(16)9-14/h2-9H,10H2,1H3,(H2,17,18,19). The first-order chi connectivity index (χ1) is 9.13. The molecule has 0 aliphatic carbocycles. The highest BCUT2D eigenvalue weighted by molar-refractivity contribution is 7.80. The highest BCUT2D eigenvalue weighted by Crippen LogP contribution is 2.14. The van der Waals surface area contributed by atoms with Crippen molar-refractivity contribution in [1.29, 1.82) is 0 Å². The maximum absolute atomic E-state index is 5.91. The molecule has 0 fully saturated rings. The average Bonchev–Trinajstić information content (AvgIpc) is 2.36. The van der Waals surface area contributed by atoms with Gasteiger partial charge in [0.1, 0.15) is 0 Å². The summed E-state index contributed by atoms with van der Waals surface area (Å²) in [5.41, 5.74) is 3.33. The molecule has 0 spiro atoms. The molecule has 2 aromatic rings. The van der Waals surface area contributed by atoms with Crippen molar-refractivity contribution in [3.63, 3.8) is 0 Å². The summed E-state index contributed by atoms with van der Waals surface area (Å²) in [5, 5.41) is 7.55. The highest BCUT2D eigenvalue weighted by Gasteiger charge is 1.99. The predicted octanol–water partition coefficient (Wildman–Crippen LogP) is 4.14. The number of benzene rings is 2. The summed E-state index contributed by atoms with van der Waals surface area (Å²) in [6.45, 7) is 2.78. The third-order valence-corrected chi connectivity index (χ3v) is 3.10. The van der Waals surface area contributed by atoms with E-state index in [9.17, 15) is 0 Å². The summed E-state index contributed by atoms with van der Waals surface area (Å²) < 4.78 is 0. The van der Waals surface area contributed by atoms with E-state index in [0.29, 0.717) is 16.7 Å². The lowest BCUT2D eigenvalue weighted by Crippen LogP contribution is -2.27. The first kappa shape index (κ1) is 13.8. The molecule has 98 valence electrons. The molecule has 0 heterocycles. The van der Waals surface area contributed by atoms with E-state index >= 15 is 0 Å². The molecule has 0 aliphatic rings. The molecule has 2 aromatic carbocycles. The summed E-state index contributed by atoms with van der Waals surface area (Å²) in [7, 11) is 0. The molecule has 0 saturated heterocycles. The molecule has 0 atom stereocenters. The van der Waals surface area contributed by atoms with Gasteiger partial charge in [-0.25, -0.2) is 0 Å². The van der Waals surface area contributed by atoms with Gasteiger partial charge in [0.05, 0.1) is 0 Å². The van der Waals surface area contributed by atoms with Crippen molar-refractivity contribution in [2.24, 2.45) is 0 Å². The molecular formula is C15H15ClN2S. The van der Waals surface area contributed by atoms with Gasteiger partial charge in [-0.2, -0.15) is 0 Å². The van der Waals surface area contributed by atoms with E-state index in [1.807, 2.05) is 30.3 Å². The minimum absolute atomic E-state index is 0.587. The quantitative estimate of drug-likeness (QED) is 0.831. The first-order valence-corrected chi connectivity index (χ1v) is 6.78. The normalized spacial score (nSPS) is 10.0. The summed E-state index contributed by atoms with van der Waals surface area (Å²) in [5.74, 6) is 0. The molecule has 0 amide bonds. The van der Waals surface area contributed by atoms with Gasteiger partial charge >= 0.3 is 0 Å². The van der Waals surface area contributed by atoms with Crippen LogP contribution in [-0.2, 0) is 6.54 Å². The summed E-state index contributed by atoms with van der Waals surface area (Å²) >= 11 is 11.2. The number of thiocarbonyl (C=S) groups is 1. The Balaban J connectivity index is 1.88. The summed E-state index contributed by atoms with van der Waals surface area (Å²) in [6.07, 6.45) is 0. The number of hydrogen-bond donors (Lipinski definition) is 2. The fraction of sp³-hybridized carbons (Fsp3) is 0.133. The van der Waals surface area contributed by atoms with Gasteiger partial charge in [-0.3, -0.25) is 0 Å². The average molecular weight is 291 g/mol. The Labute approximate surface area is 123 Å². The summed E-state index contributed by atoms with van der Waals surface area (Å²) in [6, 6.07) is 15.8. The zero-order chi connectivity index (χ0) is 13.7. The van der Waals surface area contributed by atoms with Crippen LogP contribution in [0.1, 0.15) is 11.1 Å². The fourth-order valence-corrected chi connectivity index (χ4v) is 2.13. The lowest BCUT2D eigenvalue weighted by molar-refractivity contribution is 0.924. The molecule has 0 unspecified atom stereocenters. The molecule has 0 aliphatic heterocycles. The van der Waals surface area contributed by atoms with Crippen LogP contribution in [0.4, 0.5) is 5.69 Å². The molecule has 0 bridgehead atoms. The lowest BCUT2D eigenvalue weighted by Gasteiger charge is -2.11. The predicted molar refractivity (Wildman–Crippen MR) is 85.7 cm³/mol. The van der Waals surface area contributed by atoms with Crippen molar-refractivity contribution in [1.82, 2.24) is 5.32 Å².